The summed E-state index contributed by atoms with van der Waals surface area (Å²) in [6, 6.07) is 12.0. The van der Waals surface area contributed by atoms with Gasteiger partial charge in [0.25, 0.3) is 0 Å². The molecule has 8 nitrogen and oxygen atoms in total. The summed E-state index contributed by atoms with van der Waals surface area (Å²) in [4.78, 5) is 28.5. The zero-order valence-corrected chi connectivity index (χ0v) is 23.3. The van der Waals surface area contributed by atoms with E-state index in [1.54, 1.807) is 32.2 Å². The van der Waals surface area contributed by atoms with Crippen LogP contribution in [0.5, 0.6) is 5.75 Å². The molecular weight excluding hydrogens is 490 g/mol. The summed E-state index contributed by atoms with van der Waals surface area (Å²) in [5, 5.41) is 3.10. The van der Waals surface area contributed by atoms with Crippen LogP contribution in [0.15, 0.2) is 42.5 Å². The van der Waals surface area contributed by atoms with Gasteiger partial charge in [0.1, 0.15) is 18.3 Å². The number of nitrogens with zero attached hydrogens (tertiary/aromatic N) is 2. The topological polar surface area (TPSA) is 96.0 Å². The molecule has 0 heterocycles. The predicted octanol–water partition coefficient (Wildman–Crippen LogP) is 3.94. The van der Waals surface area contributed by atoms with Gasteiger partial charge >= 0.3 is 0 Å². The summed E-state index contributed by atoms with van der Waals surface area (Å²) >= 11 is 0. The van der Waals surface area contributed by atoms with E-state index in [-0.39, 0.29) is 18.5 Å². The van der Waals surface area contributed by atoms with Gasteiger partial charge in [0.05, 0.1) is 19.1 Å². The molecule has 0 bridgehead atoms. The number of aryl methyl sites for hydroxylation is 2. The number of hydrogen-bond donors (Lipinski definition) is 1. The van der Waals surface area contributed by atoms with Gasteiger partial charge in [-0.3, -0.25) is 13.9 Å². The lowest BCUT2D eigenvalue weighted by Gasteiger charge is -2.33. The van der Waals surface area contributed by atoms with Crippen molar-refractivity contribution in [2.24, 2.45) is 0 Å². The van der Waals surface area contributed by atoms with Gasteiger partial charge < -0.3 is 15.0 Å². The fraction of sp³-hybridized carbons (Fsp3) is 0.500. The summed E-state index contributed by atoms with van der Waals surface area (Å²) in [5.74, 6) is -0.0589. The monoisotopic (exact) mass is 529 g/mol. The van der Waals surface area contributed by atoms with Crippen LogP contribution in [0.2, 0.25) is 0 Å². The van der Waals surface area contributed by atoms with Gasteiger partial charge in [-0.2, -0.15) is 0 Å². The van der Waals surface area contributed by atoms with E-state index in [4.69, 9.17) is 4.74 Å². The maximum atomic E-state index is 13.7. The number of benzene rings is 2. The third-order valence-corrected chi connectivity index (χ3v) is 7.92. The van der Waals surface area contributed by atoms with Crippen LogP contribution in [0.1, 0.15) is 55.7 Å². The number of carbonyl (C=O) groups excluding carboxylic acids is 2. The van der Waals surface area contributed by atoms with E-state index >= 15 is 0 Å². The number of nitrogens with one attached hydrogen (secondary N) is 1. The number of sulfonamides is 1. The maximum Gasteiger partial charge on any atom is 0.244 e. The second-order valence-electron chi connectivity index (χ2n) is 10.0. The molecule has 0 unspecified atom stereocenters. The first-order chi connectivity index (χ1) is 17.5. The average Bonchev–Trinajstić information content (AvgIpc) is 2.84. The number of methoxy groups -OCH3 is 1. The molecule has 0 saturated heterocycles. The molecule has 3 rings (SSSR count). The van der Waals surface area contributed by atoms with Crippen LogP contribution < -0.4 is 14.4 Å². The van der Waals surface area contributed by atoms with Crippen LogP contribution in [0.4, 0.5) is 5.69 Å². The van der Waals surface area contributed by atoms with Gasteiger partial charge in [0, 0.05) is 12.6 Å². The van der Waals surface area contributed by atoms with Crippen LogP contribution in [0.3, 0.4) is 0 Å². The number of hydrogen-bond acceptors (Lipinski definition) is 5. The Hall–Kier alpha value is -3.07. The van der Waals surface area contributed by atoms with Crippen LogP contribution in [0.25, 0.3) is 0 Å². The quantitative estimate of drug-likeness (QED) is 0.503. The molecule has 1 aliphatic carbocycles. The van der Waals surface area contributed by atoms with Crippen molar-refractivity contribution in [3.8, 4) is 5.75 Å². The Bertz CT molecular complexity index is 1190. The molecule has 2 aromatic carbocycles. The van der Waals surface area contributed by atoms with Crippen molar-refractivity contribution < 1.29 is 22.7 Å². The van der Waals surface area contributed by atoms with Crippen LogP contribution in [-0.4, -0.2) is 57.1 Å². The SMILES string of the molecule is COc1cccc(CN(C(=O)CN(c2cc(C)cc(C)c2)S(C)(=O)=O)[C@H](C)C(=O)NC2CCCCC2)c1. The Balaban J connectivity index is 1.90. The number of ether oxygens (including phenoxy) is 1. The Morgan fingerprint density at radius 2 is 1.70 bits per heavy atom. The van der Waals surface area contributed by atoms with E-state index in [0.29, 0.717) is 11.4 Å². The summed E-state index contributed by atoms with van der Waals surface area (Å²) in [6.45, 7) is 5.18. The number of rotatable bonds is 10. The van der Waals surface area contributed by atoms with E-state index < -0.39 is 28.5 Å². The molecule has 37 heavy (non-hydrogen) atoms. The third kappa shape index (κ3) is 7.95. The predicted molar refractivity (Wildman–Crippen MR) is 146 cm³/mol. The smallest absolute Gasteiger partial charge is 0.244 e. The van der Waals surface area contributed by atoms with Crippen molar-refractivity contribution in [3.05, 3.63) is 59.2 Å². The average molecular weight is 530 g/mol. The van der Waals surface area contributed by atoms with Crippen LogP contribution in [0, 0.1) is 13.8 Å². The summed E-state index contributed by atoms with van der Waals surface area (Å²) < 4.78 is 32.0. The molecule has 2 aromatic rings. The highest BCUT2D eigenvalue weighted by Crippen LogP contribution is 2.23. The number of amides is 2. The van der Waals surface area contributed by atoms with Gasteiger partial charge in [0.15, 0.2) is 0 Å². The molecule has 1 saturated carbocycles. The lowest BCUT2D eigenvalue weighted by molar-refractivity contribution is -0.139. The fourth-order valence-corrected chi connectivity index (χ4v) is 5.66. The molecule has 0 radical (unpaired) electrons. The van der Waals surface area contributed by atoms with Crippen molar-refractivity contribution in [3.63, 3.8) is 0 Å². The molecule has 0 aromatic heterocycles. The second-order valence-corrected chi connectivity index (χ2v) is 11.9. The number of carbonyl (C=O) groups is 2. The third-order valence-electron chi connectivity index (χ3n) is 6.78. The van der Waals surface area contributed by atoms with E-state index in [0.717, 1.165) is 52.9 Å². The molecular formula is C28H39N3O5S. The molecule has 2 amide bonds. The Labute approximate surface area is 221 Å². The second kappa shape index (κ2) is 12.4. The summed E-state index contributed by atoms with van der Waals surface area (Å²) in [7, 11) is -2.20. The minimum absolute atomic E-state index is 0.0975. The van der Waals surface area contributed by atoms with Crippen molar-refractivity contribution >= 4 is 27.5 Å². The highest BCUT2D eigenvalue weighted by Gasteiger charge is 2.31. The highest BCUT2D eigenvalue weighted by atomic mass is 32.2. The highest BCUT2D eigenvalue weighted by molar-refractivity contribution is 7.92. The minimum atomic E-state index is -3.77. The molecule has 9 heteroatoms. The Morgan fingerprint density at radius 3 is 2.30 bits per heavy atom. The lowest BCUT2D eigenvalue weighted by atomic mass is 9.95. The summed E-state index contributed by atoms with van der Waals surface area (Å²) in [6.07, 6.45) is 6.26. The Kier molecular flexibility index (Phi) is 9.59. The number of anilines is 1. The van der Waals surface area contributed by atoms with Gasteiger partial charge in [-0.15, -0.1) is 0 Å². The first-order valence-corrected chi connectivity index (χ1v) is 14.6. The molecule has 1 N–H and O–H groups in total. The van der Waals surface area contributed by atoms with Gasteiger partial charge in [-0.05, 0) is 74.6 Å². The molecule has 0 aliphatic heterocycles. The Morgan fingerprint density at radius 1 is 1.05 bits per heavy atom. The van der Waals surface area contributed by atoms with Crippen LogP contribution in [-0.2, 0) is 26.2 Å². The molecule has 202 valence electrons. The standard InChI is InChI=1S/C28H39N3O5S/c1-20-14-21(2)16-25(15-20)31(37(5,34)35)19-27(32)30(18-23-10-9-13-26(17-23)36-4)22(3)28(33)29-24-11-7-6-8-12-24/h9-10,13-17,22,24H,6-8,11-12,18-19H2,1-5H3,(H,29,33)/t22-/m1/s1. The van der Waals surface area contributed by atoms with Gasteiger partial charge in [-0.1, -0.05) is 37.5 Å². The zero-order chi connectivity index (χ0) is 27.2. The minimum Gasteiger partial charge on any atom is -0.497 e. The van der Waals surface area contributed by atoms with Gasteiger partial charge in [-0.25, -0.2) is 8.42 Å². The normalized spacial score (nSPS) is 15.1. The summed E-state index contributed by atoms with van der Waals surface area (Å²) in [5.41, 5.74) is 2.99. The molecule has 0 spiro atoms. The van der Waals surface area contributed by atoms with Crippen molar-refractivity contribution in [2.75, 3.05) is 24.2 Å². The first-order valence-electron chi connectivity index (χ1n) is 12.8. The van der Waals surface area contributed by atoms with Crippen molar-refractivity contribution in [1.29, 1.82) is 0 Å². The zero-order valence-electron chi connectivity index (χ0n) is 22.5. The van der Waals surface area contributed by atoms with E-state index in [2.05, 4.69) is 5.32 Å². The van der Waals surface area contributed by atoms with Crippen LogP contribution >= 0.6 is 0 Å². The van der Waals surface area contributed by atoms with E-state index in [1.807, 2.05) is 38.1 Å². The van der Waals surface area contributed by atoms with Gasteiger partial charge in [0.2, 0.25) is 21.8 Å². The fourth-order valence-electron chi connectivity index (χ4n) is 4.83. The first kappa shape index (κ1) is 28.5. The molecule has 1 aliphatic rings. The van der Waals surface area contributed by atoms with Crippen molar-refractivity contribution in [2.45, 2.75) is 71.5 Å². The van der Waals surface area contributed by atoms with Crippen molar-refractivity contribution in [1.82, 2.24) is 10.2 Å². The largest absolute Gasteiger partial charge is 0.497 e. The molecule has 1 fully saturated rings. The lowest BCUT2D eigenvalue weighted by Crippen LogP contribution is -2.53. The molecule has 1 atom stereocenters. The van der Waals surface area contributed by atoms with E-state index in [1.165, 1.54) is 11.3 Å². The van der Waals surface area contributed by atoms with E-state index in [9.17, 15) is 18.0 Å². The maximum absolute atomic E-state index is 13.7.